The summed E-state index contributed by atoms with van der Waals surface area (Å²) in [5, 5.41) is 14.1. The molecule has 34 heavy (non-hydrogen) atoms. The minimum absolute atomic E-state index is 0.174. The maximum Gasteiger partial charge on any atom is 0.273 e. The van der Waals surface area contributed by atoms with Crippen molar-refractivity contribution in [1.82, 2.24) is 25.1 Å². The van der Waals surface area contributed by atoms with Crippen LogP contribution in [0.2, 0.25) is 0 Å². The number of hydrogen-bond acceptors (Lipinski definition) is 8. The first-order valence-electron chi connectivity index (χ1n) is 11.9. The Balaban J connectivity index is 1.38. The second kappa shape index (κ2) is 11.1. The monoisotopic (exact) mass is 482 g/mol. The lowest BCUT2D eigenvalue weighted by molar-refractivity contribution is 0.0660. The van der Waals surface area contributed by atoms with Crippen LogP contribution in [-0.4, -0.2) is 58.6 Å². The van der Waals surface area contributed by atoms with Gasteiger partial charge in [-0.1, -0.05) is 0 Å². The zero-order valence-corrected chi connectivity index (χ0v) is 20.0. The van der Waals surface area contributed by atoms with Crippen LogP contribution in [0.25, 0.3) is 10.6 Å². The fraction of sp³-hybridized carbons (Fsp3) is 0.500. The van der Waals surface area contributed by atoms with E-state index in [1.807, 2.05) is 23.1 Å². The molecule has 4 bridgehead atoms. The van der Waals surface area contributed by atoms with Crippen LogP contribution in [0.5, 0.6) is 0 Å². The lowest BCUT2D eigenvalue weighted by atomic mass is 10.1. The van der Waals surface area contributed by atoms with Crippen molar-refractivity contribution in [1.29, 1.82) is 0 Å². The summed E-state index contributed by atoms with van der Waals surface area (Å²) in [6, 6.07) is 4.35. The first-order chi connectivity index (χ1) is 16.8. The Morgan fingerprint density at radius 1 is 1.06 bits per heavy atom. The van der Waals surface area contributed by atoms with Gasteiger partial charge in [0.2, 0.25) is 0 Å². The molecule has 9 nitrogen and oxygen atoms in total. The van der Waals surface area contributed by atoms with Crippen LogP contribution in [0.4, 0.5) is 5.69 Å². The van der Waals surface area contributed by atoms with E-state index in [0.29, 0.717) is 45.2 Å². The lowest BCUT2D eigenvalue weighted by Crippen LogP contribution is -2.27. The van der Waals surface area contributed by atoms with E-state index in [2.05, 4.69) is 32.2 Å². The van der Waals surface area contributed by atoms with Gasteiger partial charge in [-0.15, -0.1) is 11.3 Å². The summed E-state index contributed by atoms with van der Waals surface area (Å²) in [5.41, 5.74) is 4.19. The van der Waals surface area contributed by atoms with Gasteiger partial charge in [0.15, 0.2) is 5.69 Å². The number of hydrogen-bond donors (Lipinski definition) is 2. The van der Waals surface area contributed by atoms with E-state index >= 15 is 0 Å². The van der Waals surface area contributed by atoms with E-state index in [1.54, 1.807) is 11.3 Å². The molecule has 3 aromatic heterocycles. The van der Waals surface area contributed by atoms with Gasteiger partial charge in [0.05, 0.1) is 24.0 Å². The topological polar surface area (TPSA) is 103 Å². The molecule has 0 aliphatic carbocycles. The predicted molar refractivity (Wildman–Crippen MR) is 130 cm³/mol. The molecule has 2 aliphatic heterocycles. The summed E-state index contributed by atoms with van der Waals surface area (Å²) in [5.74, 6) is -0.174. The molecule has 5 heterocycles. The van der Waals surface area contributed by atoms with Crippen molar-refractivity contribution in [2.45, 2.75) is 44.7 Å². The first kappa shape index (κ1) is 22.9. The Labute approximate surface area is 202 Å². The van der Waals surface area contributed by atoms with Crippen molar-refractivity contribution in [2.75, 3.05) is 38.3 Å². The smallest absolute Gasteiger partial charge is 0.273 e. The molecule has 0 spiro atoms. The third kappa shape index (κ3) is 5.63. The maximum absolute atomic E-state index is 13.0. The Bertz CT molecular complexity index is 1110. The highest BCUT2D eigenvalue weighted by Gasteiger charge is 2.22. The Morgan fingerprint density at radius 3 is 2.82 bits per heavy atom. The lowest BCUT2D eigenvalue weighted by Gasteiger charge is -2.22. The molecule has 180 valence electrons. The fourth-order valence-electron chi connectivity index (χ4n) is 4.20. The second-order valence-corrected chi connectivity index (χ2v) is 9.43. The summed E-state index contributed by atoms with van der Waals surface area (Å²) in [6.07, 6.45) is 8.10. The molecule has 5 rings (SSSR count). The van der Waals surface area contributed by atoms with Crippen molar-refractivity contribution in [2.24, 2.45) is 0 Å². The minimum atomic E-state index is -0.174. The second-order valence-electron chi connectivity index (χ2n) is 8.57. The van der Waals surface area contributed by atoms with Crippen molar-refractivity contribution in [3.8, 4) is 10.6 Å². The third-order valence-electron chi connectivity index (χ3n) is 6.06. The Morgan fingerprint density at radius 2 is 1.91 bits per heavy atom. The van der Waals surface area contributed by atoms with Gasteiger partial charge >= 0.3 is 0 Å². The summed E-state index contributed by atoms with van der Waals surface area (Å²) in [4.78, 5) is 22.3. The highest BCUT2D eigenvalue weighted by Crippen LogP contribution is 2.27. The minimum Gasteiger partial charge on any atom is -0.381 e. The molecule has 0 unspecified atom stereocenters. The molecule has 1 saturated heterocycles. The fourth-order valence-corrected chi connectivity index (χ4v) is 5.01. The number of anilines is 1. The molecule has 10 heteroatoms. The molecular weight excluding hydrogens is 452 g/mol. The number of thiazole rings is 1. The highest BCUT2D eigenvalue weighted by molar-refractivity contribution is 7.13. The number of rotatable bonds is 1. The number of amides is 1. The standard InChI is InChI=1S/C24H30N6O3S/c31-23-22-21(15-30(29-22)20-5-11-33-12-6-20)27-14-19-16-34-24(28-19)17-4-8-25-18(13-17)3-1-9-32-10-2-7-26-23/h4,8,13,15-16,20,27H,1-3,5-7,9-12,14H2,(H,26,31). The van der Waals surface area contributed by atoms with Gasteiger partial charge in [0.25, 0.3) is 5.91 Å². The average Bonchev–Trinajstić information content (AvgIpc) is 3.52. The van der Waals surface area contributed by atoms with Crippen molar-refractivity contribution >= 4 is 22.9 Å². The number of carbonyl (C=O) groups excluding carboxylic acids is 1. The third-order valence-corrected chi connectivity index (χ3v) is 7.00. The van der Waals surface area contributed by atoms with Gasteiger partial charge in [0, 0.05) is 62.0 Å². The first-order valence-corrected chi connectivity index (χ1v) is 12.8. The van der Waals surface area contributed by atoms with Crippen molar-refractivity contribution in [3.05, 3.63) is 47.0 Å². The average molecular weight is 483 g/mol. The summed E-state index contributed by atoms with van der Waals surface area (Å²) >= 11 is 1.61. The zero-order valence-electron chi connectivity index (χ0n) is 19.2. The zero-order chi connectivity index (χ0) is 23.2. The summed E-state index contributed by atoms with van der Waals surface area (Å²) in [6.45, 7) is 3.77. The molecule has 0 atom stereocenters. The summed E-state index contributed by atoms with van der Waals surface area (Å²) < 4.78 is 13.2. The number of nitrogens with one attached hydrogen (secondary N) is 2. The molecular formula is C24H30N6O3S. The van der Waals surface area contributed by atoms with Gasteiger partial charge in [-0.25, -0.2) is 4.98 Å². The number of nitrogens with zero attached hydrogens (tertiary/aromatic N) is 4. The van der Waals surface area contributed by atoms with Crippen molar-refractivity contribution in [3.63, 3.8) is 0 Å². The van der Waals surface area contributed by atoms with Crippen molar-refractivity contribution < 1.29 is 14.3 Å². The van der Waals surface area contributed by atoms with E-state index in [9.17, 15) is 4.79 Å². The highest BCUT2D eigenvalue weighted by atomic mass is 32.1. The largest absolute Gasteiger partial charge is 0.381 e. The normalized spacial score (nSPS) is 18.6. The van der Waals surface area contributed by atoms with E-state index < -0.39 is 0 Å². The predicted octanol–water partition coefficient (Wildman–Crippen LogP) is 3.45. The molecule has 1 fully saturated rings. The van der Waals surface area contributed by atoms with Crippen LogP contribution in [-0.2, 0) is 22.4 Å². The Hall–Kier alpha value is -2.82. The number of ether oxygens (including phenoxy) is 2. The van der Waals surface area contributed by atoms with E-state index in [4.69, 9.17) is 14.5 Å². The molecule has 0 radical (unpaired) electrons. The van der Waals surface area contributed by atoms with Crippen LogP contribution in [0.3, 0.4) is 0 Å². The van der Waals surface area contributed by atoms with Gasteiger partial charge in [-0.2, -0.15) is 5.10 Å². The molecule has 2 aliphatic rings. The van der Waals surface area contributed by atoms with Crippen LogP contribution in [0.15, 0.2) is 29.9 Å². The molecule has 3 aromatic rings. The number of pyridine rings is 1. The molecule has 0 aromatic carbocycles. The van der Waals surface area contributed by atoms with E-state index in [-0.39, 0.29) is 11.9 Å². The van der Waals surface area contributed by atoms with E-state index in [1.165, 1.54) is 0 Å². The molecule has 2 N–H and O–H groups in total. The molecule has 0 saturated carbocycles. The number of fused-ring (bicyclic) bond motifs is 6. The number of aryl methyl sites for hydroxylation is 1. The number of aromatic nitrogens is 4. The van der Waals surface area contributed by atoms with Crippen LogP contribution < -0.4 is 10.6 Å². The van der Waals surface area contributed by atoms with Crippen LogP contribution in [0.1, 0.15) is 53.6 Å². The summed E-state index contributed by atoms with van der Waals surface area (Å²) in [7, 11) is 0. The van der Waals surface area contributed by atoms with E-state index in [0.717, 1.165) is 59.8 Å². The van der Waals surface area contributed by atoms with Gasteiger partial charge in [-0.05, 0) is 44.2 Å². The maximum atomic E-state index is 13.0. The Kier molecular flexibility index (Phi) is 7.47. The quantitative estimate of drug-likeness (QED) is 0.548. The SMILES string of the molecule is O=C1NCCCOCCCc2cc(ccn2)-c2nc(cs2)CNc2cn(C3CCOCC3)nc21. The van der Waals surface area contributed by atoms with Gasteiger partial charge in [0.1, 0.15) is 5.01 Å². The van der Waals surface area contributed by atoms with Crippen LogP contribution >= 0.6 is 11.3 Å². The van der Waals surface area contributed by atoms with Crippen LogP contribution in [0, 0.1) is 0 Å². The van der Waals surface area contributed by atoms with Gasteiger partial charge < -0.3 is 20.1 Å². The number of carbonyl (C=O) groups is 1. The molecule has 1 amide bonds. The van der Waals surface area contributed by atoms with Gasteiger partial charge in [-0.3, -0.25) is 14.5 Å².